The lowest BCUT2D eigenvalue weighted by Gasteiger charge is -2.31. The van der Waals surface area contributed by atoms with Crippen LogP contribution in [0.25, 0.3) is 16.7 Å². The second-order valence-corrected chi connectivity index (χ2v) is 7.95. The molecule has 33 heavy (non-hydrogen) atoms. The molecule has 0 radical (unpaired) electrons. The first-order valence-electron chi connectivity index (χ1n) is 10.4. The van der Waals surface area contributed by atoms with Gasteiger partial charge in [-0.1, -0.05) is 5.16 Å². The number of carbonyl (C=O) groups is 2. The average Bonchev–Trinajstić information content (AvgIpc) is 3.48. The first-order chi connectivity index (χ1) is 15.9. The van der Waals surface area contributed by atoms with Crippen molar-refractivity contribution in [3.05, 3.63) is 72.1 Å². The van der Waals surface area contributed by atoms with Crippen LogP contribution in [0, 0.1) is 0 Å². The maximum Gasteiger partial charge on any atom is 0.255 e. The molecule has 168 valence electrons. The molecule has 4 aromatic rings. The van der Waals surface area contributed by atoms with E-state index < -0.39 is 5.92 Å². The van der Waals surface area contributed by atoms with E-state index in [1.54, 1.807) is 41.2 Å². The Kier molecular flexibility index (Phi) is 5.20. The van der Waals surface area contributed by atoms with Crippen molar-refractivity contribution in [3.63, 3.8) is 0 Å². The van der Waals surface area contributed by atoms with Gasteiger partial charge < -0.3 is 9.42 Å². The molecule has 0 aliphatic carbocycles. The van der Waals surface area contributed by atoms with E-state index in [1.807, 2.05) is 6.07 Å². The van der Waals surface area contributed by atoms with Crippen molar-refractivity contribution in [1.82, 2.24) is 24.6 Å². The Bertz CT molecular complexity index is 1310. The summed E-state index contributed by atoms with van der Waals surface area (Å²) in [5, 5.41) is 4.31. The fourth-order valence-electron chi connectivity index (χ4n) is 3.84. The minimum absolute atomic E-state index is 0.0258. The molecule has 0 spiro atoms. The van der Waals surface area contributed by atoms with Gasteiger partial charge >= 0.3 is 0 Å². The number of nitrogens with zero attached hydrogens (tertiary/aromatic N) is 5. The zero-order valence-electron chi connectivity index (χ0n) is 17.4. The molecule has 1 fully saturated rings. The van der Waals surface area contributed by atoms with Gasteiger partial charge in [0, 0.05) is 49.8 Å². The number of rotatable bonds is 5. The first kappa shape index (κ1) is 20.9. The summed E-state index contributed by atoms with van der Waals surface area (Å²) in [7, 11) is 0. The number of carbonyl (C=O) groups excluding carboxylic acids is 2. The lowest BCUT2D eigenvalue weighted by Crippen LogP contribution is -2.42. The first-order valence-corrected chi connectivity index (χ1v) is 10.4. The fourth-order valence-corrected chi connectivity index (χ4v) is 3.84. The fraction of sp³-hybridized carbons (Fsp3) is 0.261. The third kappa shape index (κ3) is 4.23. The molecule has 5 heterocycles. The minimum Gasteiger partial charge on any atom is -0.361 e. The van der Waals surface area contributed by atoms with Crippen LogP contribution in [0.15, 0.2) is 59.6 Å². The van der Waals surface area contributed by atoms with E-state index in [2.05, 4.69) is 15.1 Å². The van der Waals surface area contributed by atoms with Crippen molar-refractivity contribution in [3.8, 4) is 5.69 Å². The molecule has 0 N–H and O–H groups in total. The van der Waals surface area contributed by atoms with Crippen LogP contribution >= 0.6 is 0 Å². The van der Waals surface area contributed by atoms with Crippen LogP contribution in [0.3, 0.4) is 0 Å². The molecule has 1 aliphatic rings. The van der Waals surface area contributed by atoms with E-state index in [4.69, 9.17) is 4.52 Å². The van der Waals surface area contributed by atoms with Crippen LogP contribution in [0.1, 0.15) is 39.4 Å². The summed E-state index contributed by atoms with van der Waals surface area (Å²) in [4.78, 5) is 35.2. The highest BCUT2D eigenvalue weighted by Crippen LogP contribution is 2.29. The molecule has 0 bridgehead atoms. The molecule has 0 aromatic carbocycles. The van der Waals surface area contributed by atoms with Crippen molar-refractivity contribution >= 4 is 22.7 Å². The number of hydrogen-bond acceptors (Lipinski definition) is 6. The highest BCUT2D eigenvalue weighted by Gasteiger charge is 2.35. The summed E-state index contributed by atoms with van der Waals surface area (Å²) < 4.78 is 33.5. The zero-order valence-corrected chi connectivity index (χ0v) is 17.4. The summed E-state index contributed by atoms with van der Waals surface area (Å²) in [5.41, 5.74) is 1.97. The molecule has 5 rings (SSSR count). The van der Waals surface area contributed by atoms with Gasteiger partial charge in [0.15, 0.2) is 5.78 Å². The minimum atomic E-state index is -2.71. The molecule has 1 aliphatic heterocycles. The molecule has 10 heteroatoms. The second kappa shape index (κ2) is 8.19. The molecule has 1 saturated heterocycles. The second-order valence-electron chi connectivity index (χ2n) is 7.95. The lowest BCUT2D eigenvalue weighted by atomic mass is 10.1. The number of pyridine rings is 2. The van der Waals surface area contributed by atoms with Gasteiger partial charge in [-0.25, -0.2) is 13.8 Å². The number of Topliss-reactive ketones (excluding diaryl/α,β-unsaturated/α-hetero) is 1. The summed E-state index contributed by atoms with van der Waals surface area (Å²) in [6, 6.07) is 8.53. The van der Waals surface area contributed by atoms with E-state index >= 15 is 0 Å². The van der Waals surface area contributed by atoms with E-state index in [0.717, 1.165) is 5.39 Å². The molecule has 0 unspecified atom stereocenters. The molecule has 4 aromatic heterocycles. The van der Waals surface area contributed by atoms with Crippen molar-refractivity contribution < 1.29 is 22.9 Å². The van der Waals surface area contributed by atoms with E-state index in [0.29, 0.717) is 28.4 Å². The van der Waals surface area contributed by atoms with Crippen LogP contribution in [-0.4, -0.2) is 55.3 Å². The largest absolute Gasteiger partial charge is 0.361 e. The molecule has 0 atom stereocenters. The van der Waals surface area contributed by atoms with Crippen molar-refractivity contribution in [2.45, 2.75) is 25.2 Å². The molecule has 8 nitrogen and oxygen atoms in total. The van der Waals surface area contributed by atoms with Crippen LogP contribution in [0.4, 0.5) is 8.78 Å². The van der Waals surface area contributed by atoms with Crippen molar-refractivity contribution in [1.29, 1.82) is 0 Å². The Morgan fingerprint density at radius 1 is 1.06 bits per heavy atom. The number of piperidine rings is 1. The van der Waals surface area contributed by atoms with Crippen molar-refractivity contribution in [2.24, 2.45) is 0 Å². The summed E-state index contributed by atoms with van der Waals surface area (Å²) in [5.74, 6) is -2.73. The Morgan fingerprint density at radius 2 is 1.88 bits per heavy atom. The maximum atomic E-state index is 13.4. The van der Waals surface area contributed by atoms with E-state index in [9.17, 15) is 18.4 Å². The summed E-state index contributed by atoms with van der Waals surface area (Å²) in [6.07, 6.45) is 5.72. The quantitative estimate of drug-likeness (QED) is 0.430. The predicted octanol–water partition coefficient (Wildman–Crippen LogP) is 3.71. The highest BCUT2D eigenvalue weighted by atomic mass is 19.3. The highest BCUT2D eigenvalue weighted by molar-refractivity contribution is 5.97. The lowest BCUT2D eigenvalue weighted by molar-refractivity contribution is -0.0494. The maximum absolute atomic E-state index is 13.4. The summed E-state index contributed by atoms with van der Waals surface area (Å²) >= 11 is 0. The SMILES string of the molecule is O=C(Cc1ccno1)c1ccc(-n2ccc3cc(C(=O)N4CCC(F)(F)CC4)cnc32)cn1. The topological polar surface area (TPSA) is 94.1 Å². The number of aromatic nitrogens is 4. The van der Waals surface area contributed by atoms with E-state index in [-0.39, 0.29) is 44.0 Å². The van der Waals surface area contributed by atoms with Gasteiger partial charge in [-0.3, -0.25) is 19.1 Å². The van der Waals surface area contributed by atoms with Gasteiger partial charge in [-0.05, 0) is 24.3 Å². The standard InChI is InChI=1S/C23H19F2N5O3/c24-23(25)5-9-29(10-6-23)22(32)16-11-15-4-8-30(21(15)27-13-16)17-1-2-19(26-14-17)20(31)12-18-3-7-28-33-18/h1-4,7-8,11,13-14H,5-6,9-10,12H2. The third-order valence-electron chi connectivity index (χ3n) is 5.69. The number of fused-ring (bicyclic) bond motifs is 1. The van der Waals surface area contributed by atoms with Crippen molar-refractivity contribution in [2.75, 3.05) is 13.1 Å². The van der Waals surface area contributed by atoms with Crippen LogP contribution < -0.4 is 0 Å². The van der Waals surface area contributed by atoms with Gasteiger partial charge in [-0.15, -0.1) is 0 Å². The van der Waals surface area contributed by atoms with Gasteiger partial charge in [-0.2, -0.15) is 0 Å². The molecule has 1 amide bonds. The number of likely N-dealkylation sites (tertiary alicyclic amines) is 1. The van der Waals surface area contributed by atoms with Gasteiger partial charge in [0.25, 0.3) is 11.8 Å². The number of halogens is 2. The van der Waals surface area contributed by atoms with E-state index in [1.165, 1.54) is 17.3 Å². The Morgan fingerprint density at radius 3 is 2.58 bits per heavy atom. The molecular formula is C23H19F2N5O3. The van der Waals surface area contributed by atoms with Gasteiger partial charge in [0.05, 0.1) is 30.1 Å². The average molecular weight is 451 g/mol. The molecular weight excluding hydrogens is 432 g/mol. The van der Waals surface area contributed by atoms with Crippen LogP contribution in [0.2, 0.25) is 0 Å². The smallest absolute Gasteiger partial charge is 0.255 e. The number of hydrogen-bond donors (Lipinski definition) is 0. The van der Waals surface area contributed by atoms with Gasteiger partial charge in [0.1, 0.15) is 17.1 Å². The Hall–Kier alpha value is -3.95. The Labute approximate surface area is 186 Å². The molecule has 0 saturated carbocycles. The number of alkyl halides is 2. The number of amides is 1. The summed E-state index contributed by atoms with van der Waals surface area (Å²) in [6.45, 7) is 0.0517. The van der Waals surface area contributed by atoms with Crippen LogP contribution in [-0.2, 0) is 6.42 Å². The normalized spacial score (nSPS) is 15.6. The predicted molar refractivity (Wildman–Crippen MR) is 113 cm³/mol. The third-order valence-corrected chi connectivity index (χ3v) is 5.69. The number of ketones is 1. The monoisotopic (exact) mass is 451 g/mol. The van der Waals surface area contributed by atoms with Crippen LogP contribution in [0.5, 0.6) is 0 Å². The van der Waals surface area contributed by atoms with Gasteiger partial charge in [0.2, 0.25) is 0 Å². The zero-order chi connectivity index (χ0) is 23.0. The Balaban J connectivity index is 1.33.